The van der Waals surface area contributed by atoms with Gasteiger partial charge >= 0.3 is 5.97 Å². The van der Waals surface area contributed by atoms with Crippen LogP contribution in [0.15, 0.2) is 0 Å². The second-order valence-corrected chi connectivity index (χ2v) is 3.89. The number of carbonyl (C=O) groups excluding carboxylic acids is 2. The van der Waals surface area contributed by atoms with Gasteiger partial charge in [-0.05, 0) is 33.1 Å². The van der Waals surface area contributed by atoms with Gasteiger partial charge in [-0.2, -0.15) is 0 Å². The molecule has 3 heteroatoms. The van der Waals surface area contributed by atoms with Crippen molar-refractivity contribution in [2.45, 2.75) is 39.2 Å². The molecule has 1 saturated carbocycles. The molecule has 0 aromatic carbocycles. The Morgan fingerprint density at radius 3 is 2.62 bits per heavy atom. The zero-order chi connectivity index (χ0) is 9.84. The molecule has 0 radical (unpaired) electrons. The summed E-state index contributed by atoms with van der Waals surface area (Å²) in [6.07, 6.45) is 3.20. The first-order valence-corrected chi connectivity index (χ1v) is 4.79. The maximum atomic E-state index is 11.4. The van der Waals surface area contributed by atoms with E-state index in [2.05, 4.69) is 0 Å². The van der Waals surface area contributed by atoms with Crippen molar-refractivity contribution < 1.29 is 14.3 Å². The van der Waals surface area contributed by atoms with E-state index in [-0.39, 0.29) is 23.9 Å². The fraction of sp³-hybridized carbons (Fsp3) is 0.800. The Morgan fingerprint density at radius 2 is 2.15 bits per heavy atom. The molecule has 0 aromatic rings. The van der Waals surface area contributed by atoms with Crippen LogP contribution in [0.1, 0.15) is 33.1 Å². The lowest BCUT2D eigenvalue weighted by Crippen LogP contribution is -2.19. The van der Waals surface area contributed by atoms with Crippen molar-refractivity contribution in [3.8, 4) is 0 Å². The molecule has 0 aliphatic heterocycles. The molecular weight excluding hydrogens is 168 g/mol. The van der Waals surface area contributed by atoms with Gasteiger partial charge in [0.1, 0.15) is 6.29 Å². The molecule has 1 aliphatic rings. The maximum Gasteiger partial charge on any atom is 0.309 e. The van der Waals surface area contributed by atoms with Crippen LogP contribution < -0.4 is 0 Å². The third kappa shape index (κ3) is 2.83. The van der Waals surface area contributed by atoms with E-state index in [0.29, 0.717) is 6.42 Å². The van der Waals surface area contributed by atoms with Gasteiger partial charge in [-0.25, -0.2) is 0 Å². The maximum absolute atomic E-state index is 11.4. The van der Waals surface area contributed by atoms with E-state index in [9.17, 15) is 9.59 Å². The van der Waals surface area contributed by atoms with Crippen molar-refractivity contribution in [3.63, 3.8) is 0 Å². The van der Waals surface area contributed by atoms with Crippen LogP contribution >= 0.6 is 0 Å². The molecule has 13 heavy (non-hydrogen) atoms. The summed E-state index contributed by atoms with van der Waals surface area (Å²) in [7, 11) is 0. The minimum absolute atomic E-state index is 0.0439. The van der Waals surface area contributed by atoms with Crippen molar-refractivity contribution in [2.75, 3.05) is 0 Å². The van der Waals surface area contributed by atoms with Crippen LogP contribution in [0, 0.1) is 11.8 Å². The van der Waals surface area contributed by atoms with Crippen molar-refractivity contribution in [2.24, 2.45) is 11.8 Å². The van der Waals surface area contributed by atoms with E-state index in [1.165, 1.54) is 0 Å². The predicted octanol–water partition coefficient (Wildman–Crippen LogP) is 1.55. The fourth-order valence-corrected chi connectivity index (χ4v) is 1.68. The summed E-state index contributed by atoms with van der Waals surface area (Å²) in [6.45, 7) is 3.67. The van der Waals surface area contributed by atoms with Crippen LogP contribution in [-0.2, 0) is 14.3 Å². The lowest BCUT2D eigenvalue weighted by atomic mass is 10.1. The van der Waals surface area contributed by atoms with Crippen molar-refractivity contribution in [1.29, 1.82) is 0 Å². The highest BCUT2D eigenvalue weighted by atomic mass is 16.5. The molecule has 0 saturated heterocycles. The molecule has 1 fully saturated rings. The van der Waals surface area contributed by atoms with Gasteiger partial charge in [0.25, 0.3) is 0 Å². The standard InChI is InChI=1S/C10H16O3/c1-7(2)13-10(12)9-4-3-8(5-9)6-11/h6-9H,3-5H2,1-2H3/t8-,9-/m0/s1. The second kappa shape index (κ2) is 4.40. The summed E-state index contributed by atoms with van der Waals surface area (Å²) in [4.78, 5) is 21.8. The van der Waals surface area contributed by atoms with Crippen LogP contribution in [-0.4, -0.2) is 18.4 Å². The first kappa shape index (κ1) is 10.2. The molecule has 0 aromatic heterocycles. The van der Waals surface area contributed by atoms with Crippen molar-refractivity contribution in [3.05, 3.63) is 0 Å². The number of esters is 1. The number of hydrogen-bond acceptors (Lipinski definition) is 3. The Kier molecular flexibility index (Phi) is 3.46. The Labute approximate surface area is 78.5 Å². The topological polar surface area (TPSA) is 43.4 Å². The molecule has 1 rings (SSSR count). The van der Waals surface area contributed by atoms with E-state index in [4.69, 9.17) is 4.74 Å². The molecule has 0 amide bonds. The van der Waals surface area contributed by atoms with E-state index in [1.54, 1.807) is 0 Å². The molecule has 0 spiro atoms. The van der Waals surface area contributed by atoms with Crippen LogP contribution in [0.25, 0.3) is 0 Å². The fourth-order valence-electron chi connectivity index (χ4n) is 1.68. The Morgan fingerprint density at radius 1 is 1.46 bits per heavy atom. The Bertz CT molecular complexity index is 198. The van der Waals surface area contributed by atoms with Gasteiger partial charge in [-0.15, -0.1) is 0 Å². The Hall–Kier alpha value is -0.860. The van der Waals surface area contributed by atoms with Crippen molar-refractivity contribution >= 4 is 12.3 Å². The molecule has 0 unspecified atom stereocenters. The average Bonchev–Trinajstić information content (AvgIpc) is 2.50. The van der Waals surface area contributed by atoms with Crippen LogP contribution in [0.2, 0.25) is 0 Å². The summed E-state index contributed by atoms with van der Waals surface area (Å²) in [5, 5.41) is 0. The van der Waals surface area contributed by atoms with Crippen LogP contribution in [0.3, 0.4) is 0 Å². The summed E-state index contributed by atoms with van der Waals surface area (Å²) in [6, 6.07) is 0. The van der Waals surface area contributed by atoms with Gasteiger partial charge in [-0.3, -0.25) is 4.79 Å². The molecule has 0 bridgehead atoms. The van der Waals surface area contributed by atoms with Crippen molar-refractivity contribution in [1.82, 2.24) is 0 Å². The molecule has 1 aliphatic carbocycles. The monoisotopic (exact) mass is 184 g/mol. The van der Waals surface area contributed by atoms with Gasteiger partial charge < -0.3 is 9.53 Å². The minimum Gasteiger partial charge on any atom is -0.463 e. The highest BCUT2D eigenvalue weighted by molar-refractivity contribution is 5.74. The molecule has 0 heterocycles. The molecular formula is C10H16O3. The number of rotatable bonds is 3. The quantitative estimate of drug-likeness (QED) is 0.493. The van der Waals surface area contributed by atoms with E-state index in [1.807, 2.05) is 13.8 Å². The van der Waals surface area contributed by atoms with Gasteiger partial charge in [0.05, 0.1) is 12.0 Å². The third-order valence-corrected chi connectivity index (χ3v) is 2.35. The van der Waals surface area contributed by atoms with E-state index >= 15 is 0 Å². The normalized spacial score (nSPS) is 27.6. The number of aldehydes is 1. The van der Waals surface area contributed by atoms with Gasteiger partial charge in [0.2, 0.25) is 0 Å². The highest BCUT2D eigenvalue weighted by Crippen LogP contribution is 2.30. The third-order valence-electron chi connectivity index (χ3n) is 2.35. The number of carbonyl (C=O) groups is 2. The zero-order valence-corrected chi connectivity index (χ0v) is 8.16. The van der Waals surface area contributed by atoms with E-state index < -0.39 is 0 Å². The first-order valence-electron chi connectivity index (χ1n) is 4.79. The van der Waals surface area contributed by atoms with Gasteiger partial charge in [0.15, 0.2) is 0 Å². The molecule has 2 atom stereocenters. The average molecular weight is 184 g/mol. The SMILES string of the molecule is CC(C)OC(=O)[C@H]1CC[C@H](C=O)C1. The summed E-state index contributed by atoms with van der Waals surface area (Å²) in [5.74, 6) is -0.110. The van der Waals surface area contributed by atoms with Crippen LogP contribution in [0.5, 0.6) is 0 Å². The Balaban J connectivity index is 2.37. The second-order valence-electron chi connectivity index (χ2n) is 3.89. The number of hydrogen-bond donors (Lipinski definition) is 0. The summed E-state index contributed by atoms with van der Waals surface area (Å²) < 4.78 is 5.07. The number of ether oxygens (including phenoxy) is 1. The first-order chi connectivity index (χ1) is 6.13. The summed E-state index contributed by atoms with van der Waals surface area (Å²) >= 11 is 0. The molecule has 74 valence electrons. The lowest BCUT2D eigenvalue weighted by molar-refractivity contribution is -0.152. The summed E-state index contributed by atoms with van der Waals surface area (Å²) in [5.41, 5.74) is 0. The molecule has 0 N–H and O–H groups in total. The molecule has 3 nitrogen and oxygen atoms in total. The lowest BCUT2D eigenvalue weighted by Gasteiger charge is -2.12. The zero-order valence-electron chi connectivity index (χ0n) is 8.16. The largest absolute Gasteiger partial charge is 0.463 e. The smallest absolute Gasteiger partial charge is 0.309 e. The van der Waals surface area contributed by atoms with Gasteiger partial charge in [-0.1, -0.05) is 0 Å². The van der Waals surface area contributed by atoms with Crippen LogP contribution in [0.4, 0.5) is 0 Å². The minimum atomic E-state index is -0.139. The predicted molar refractivity (Wildman–Crippen MR) is 48.1 cm³/mol. The highest BCUT2D eigenvalue weighted by Gasteiger charge is 2.30. The van der Waals surface area contributed by atoms with E-state index in [0.717, 1.165) is 19.1 Å². The van der Waals surface area contributed by atoms with Gasteiger partial charge in [0, 0.05) is 5.92 Å².